The van der Waals surface area contributed by atoms with Gasteiger partial charge in [-0.25, -0.2) is 9.37 Å². The Labute approximate surface area is 121 Å². The van der Waals surface area contributed by atoms with Crippen LogP contribution in [0, 0.1) is 5.82 Å². The fraction of sp³-hybridized carbons (Fsp3) is 0. The van der Waals surface area contributed by atoms with Gasteiger partial charge in [-0.2, -0.15) is 0 Å². The molecule has 0 saturated carbocycles. The summed E-state index contributed by atoms with van der Waals surface area (Å²) in [6.45, 7) is 0. The Kier molecular flexibility index (Phi) is 3.12. The monoisotopic (exact) mass is 337 g/mol. The van der Waals surface area contributed by atoms with E-state index in [-0.39, 0.29) is 5.82 Å². The molecule has 0 unspecified atom stereocenters. The van der Waals surface area contributed by atoms with E-state index in [1.54, 1.807) is 12.1 Å². The maximum atomic E-state index is 13.1. The molecule has 3 N–H and O–H groups in total. The zero-order valence-electron chi connectivity index (χ0n) is 9.65. The summed E-state index contributed by atoms with van der Waals surface area (Å²) in [5.74, 6) is -0.289. The highest BCUT2D eigenvalue weighted by molar-refractivity contribution is 9.10. The number of hydrogen-bond donors (Lipinski definition) is 2. The molecular weight excluding hydrogens is 329 g/mol. The van der Waals surface area contributed by atoms with Crippen molar-refractivity contribution in [2.75, 3.05) is 11.1 Å². The van der Waals surface area contributed by atoms with E-state index in [1.165, 1.54) is 17.4 Å². The van der Waals surface area contributed by atoms with Gasteiger partial charge in [-0.15, -0.1) is 0 Å². The zero-order valence-corrected chi connectivity index (χ0v) is 12.1. The summed E-state index contributed by atoms with van der Waals surface area (Å²) < 4.78 is 14.6. The van der Waals surface area contributed by atoms with Gasteiger partial charge in [0.15, 0.2) is 5.13 Å². The summed E-state index contributed by atoms with van der Waals surface area (Å²) in [5.41, 5.74) is 8.12. The van der Waals surface area contributed by atoms with Crippen LogP contribution in [0.25, 0.3) is 10.2 Å². The standard InChI is InChI=1S/C13H9BrFN3S/c14-9-6-8(2-3-10(9)15)17-13-18-11-4-1-7(16)5-12(11)19-13/h1-6H,16H2,(H,17,18). The number of anilines is 3. The minimum absolute atomic E-state index is 0.289. The number of fused-ring (bicyclic) bond motifs is 1. The number of nitrogens with zero attached hydrogens (tertiary/aromatic N) is 1. The molecule has 0 aliphatic heterocycles. The predicted molar refractivity (Wildman–Crippen MR) is 81.4 cm³/mol. The quantitative estimate of drug-likeness (QED) is 0.675. The van der Waals surface area contributed by atoms with Gasteiger partial charge in [0.2, 0.25) is 0 Å². The van der Waals surface area contributed by atoms with E-state index in [1.807, 2.05) is 18.2 Å². The number of halogens is 2. The third kappa shape index (κ3) is 2.54. The molecule has 0 atom stereocenters. The first-order valence-corrected chi connectivity index (χ1v) is 7.11. The van der Waals surface area contributed by atoms with Crippen molar-refractivity contribution < 1.29 is 4.39 Å². The Balaban J connectivity index is 1.94. The van der Waals surface area contributed by atoms with Crippen molar-refractivity contribution in [3.63, 3.8) is 0 Å². The van der Waals surface area contributed by atoms with E-state index in [0.29, 0.717) is 10.2 Å². The first-order chi connectivity index (χ1) is 9.11. The van der Waals surface area contributed by atoms with Crippen molar-refractivity contribution in [1.82, 2.24) is 4.98 Å². The van der Waals surface area contributed by atoms with Crippen LogP contribution in [-0.4, -0.2) is 4.98 Å². The average Bonchev–Trinajstić information content (AvgIpc) is 2.75. The average molecular weight is 338 g/mol. The molecule has 0 aliphatic carbocycles. The van der Waals surface area contributed by atoms with Crippen molar-refractivity contribution in [3.8, 4) is 0 Å². The van der Waals surface area contributed by atoms with E-state index >= 15 is 0 Å². The van der Waals surface area contributed by atoms with E-state index in [0.717, 1.165) is 21.0 Å². The third-order valence-electron chi connectivity index (χ3n) is 2.58. The fourth-order valence-corrected chi connectivity index (χ4v) is 3.01. The maximum Gasteiger partial charge on any atom is 0.188 e. The SMILES string of the molecule is Nc1ccc2nc(Nc3ccc(F)c(Br)c3)sc2c1. The minimum atomic E-state index is -0.289. The lowest BCUT2D eigenvalue weighted by Crippen LogP contribution is -1.89. The van der Waals surface area contributed by atoms with Crippen LogP contribution in [0.5, 0.6) is 0 Å². The highest BCUT2D eigenvalue weighted by Crippen LogP contribution is 2.30. The molecule has 0 bridgehead atoms. The predicted octanol–water partition coefficient (Wildman–Crippen LogP) is 4.52. The van der Waals surface area contributed by atoms with E-state index in [4.69, 9.17) is 5.73 Å². The highest BCUT2D eigenvalue weighted by Gasteiger charge is 2.06. The molecule has 1 heterocycles. The minimum Gasteiger partial charge on any atom is -0.399 e. The second kappa shape index (κ2) is 4.79. The van der Waals surface area contributed by atoms with Crippen LogP contribution in [0.3, 0.4) is 0 Å². The summed E-state index contributed by atoms with van der Waals surface area (Å²) in [6.07, 6.45) is 0. The summed E-state index contributed by atoms with van der Waals surface area (Å²) in [6, 6.07) is 10.3. The van der Waals surface area contributed by atoms with Crippen LogP contribution in [0.1, 0.15) is 0 Å². The molecule has 3 nitrogen and oxygen atoms in total. The molecule has 0 amide bonds. The molecule has 0 radical (unpaired) electrons. The second-order valence-electron chi connectivity index (χ2n) is 4.00. The van der Waals surface area contributed by atoms with Crippen LogP contribution < -0.4 is 11.1 Å². The Hall–Kier alpha value is -1.66. The maximum absolute atomic E-state index is 13.1. The van der Waals surface area contributed by atoms with Crippen molar-refractivity contribution in [3.05, 3.63) is 46.7 Å². The lowest BCUT2D eigenvalue weighted by atomic mass is 10.3. The van der Waals surface area contributed by atoms with Gasteiger partial charge in [-0.05, 0) is 52.3 Å². The van der Waals surface area contributed by atoms with E-state index in [2.05, 4.69) is 26.2 Å². The summed E-state index contributed by atoms with van der Waals surface area (Å²) in [7, 11) is 0. The van der Waals surface area contributed by atoms with Gasteiger partial charge in [0.25, 0.3) is 0 Å². The highest BCUT2D eigenvalue weighted by atomic mass is 79.9. The first kappa shape index (κ1) is 12.4. The normalized spacial score (nSPS) is 10.8. The van der Waals surface area contributed by atoms with E-state index < -0.39 is 0 Å². The molecule has 3 aromatic rings. The van der Waals surface area contributed by atoms with Crippen LogP contribution in [-0.2, 0) is 0 Å². The van der Waals surface area contributed by atoms with Gasteiger partial charge < -0.3 is 11.1 Å². The molecule has 3 rings (SSSR count). The molecule has 0 saturated heterocycles. The van der Waals surface area contributed by atoms with Crippen LogP contribution in [0.2, 0.25) is 0 Å². The van der Waals surface area contributed by atoms with Crippen LogP contribution in [0.15, 0.2) is 40.9 Å². The van der Waals surface area contributed by atoms with Gasteiger partial charge in [-0.3, -0.25) is 0 Å². The zero-order chi connectivity index (χ0) is 13.4. The Bertz CT molecular complexity index is 757. The lowest BCUT2D eigenvalue weighted by Gasteiger charge is -2.03. The summed E-state index contributed by atoms with van der Waals surface area (Å²) in [4.78, 5) is 4.44. The number of nitrogens with one attached hydrogen (secondary N) is 1. The number of thiazole rings is 1. The van der Waals surface area contributed by atoms with Crippen molar-refractivity contribution in [1.29, 1.82) is 0 Å². The first-order valence-electron chi connectivity index (χ1n) is 5.50. The number of nitrogen functional groups attached to an aromatic ring is 1. The Morgan fingerprint density at radius 2 is 2.05 bits per heavy atom. The van der Waals surface area contributed by atoms with Gasteiger partial charge >= 0.3 is 0 Å². The summed E-state index contributed by atoms with van der Waals surface area (Å²) in [5, 5.41) is 3.90. The Morgan fingerprint density at radius 3 is 2.84 bits per heavy atom. The largest absolute Gasteiger partial charge is 0.399 e. The number of hydrogen-bond acceptors (Lipinski definition) is 4. The number of rotatable bonds is 2. The molecule has 0 fully saturated rings. The van der Waals surface area contributed by atoms with Gasteiger partial charge in [0, 0.05) is 11.4 Å². The molecule has 0 aliphatic rings. The fourth-order valence-electron chi connectivity index (χ4n) is 1.69. The van der Waals surface area contributed by atoms with Gasteiger partial charge in [0.05, 0.1) is 14.7 Å². The van der Waals surface area contributed by atoms with Crippen molar-refractivity contribution >= 4 is 54.0 Å². The van der Waals surface area contributed by atoms with Crippen molar-refractivity contribution in [2.24, 2.45) is 0 Å². The smallest absolute Gasteiger partial charge is 0.188 e. The van der Waals surface area contributed by atoms with Crippen LogP contribution in [0.4, 0.5) is 20.9 Å². The Morgan fingerprint density at radius 1 is 1.21 bits per heavy atom. The van der Waals surface area contributed by atoms with Crippen molar-refractivity contribution in [2.45, 2.75) is 0 Å². The topological polar surface area (TPSA) is 50.9 Å². The number of aromatic nitrogens is 1. The molecule has 1 aromatic heterocycles. The van der Waals surface area contributed by atoms with Gasteiger partial charge in [-0.1, -0.05) is 11.3 Å². The molecule has 19 heavy (non-hydrogen) atoms. The van der Waals surface area contributed by atoms with Gasteiger partial charge in [0.1, 0.15) is 5.82 Å². The lowest BCUT2D eigenvalue weighted by molar-refractivity contribution is 0.621. The van der Waals surface area contributed by atoms with E-state index in [9.17, 15) is 4.39 Å². The molecule has 6 heteroatoms. The molecular formula is C13H9BrFN3S. The number of benzene rings is 2. The van der Waals surface area contributed by atoms with Crippen LogP contribution >= 0.6 is 27.3 Å². The summed E-state index contributed by atoms with van der Waals surface area (Å²) >= 11 is 4.66. The molecule has 96 valence electrons. The third-order valence-corrected chi connectivity index (χ3v) is 4.12. The second-order valence-corrected chi connectivity index (χ2v) is 5.89. The number of nitrogens with two attached hydrogens (primary N) is 1. The molecule has 2 aromatic carbocycles. The molecule has 0 spiro atoms.